The molecule has 1 amide bonds. The lowest BCUT2D eigenvalue weighted by Gasteiger charge is -2.05. The van der Waals surface area contributed by atoms with Crippen LogP contribution in [-0.2, 0) is 17.8 Å². The molecule has 0 aliphatic rings. The molecule has 0 fully saturated rings. The maximum Gasteiger partial charge on any atom is 0.226 e. The maximum atomic E-state index is 13.3. The van der Waals surface area contributed by atoms with Gasteiger partial charge in [0, 0.05) is 24.5 Å². The van der Waals surface area contributed by atoms with Crippen LogP contribution < -0.4 is 10.6 Å². The lowest BCUT2D eigenvalue weighted by molar-refractivity contribution is -0.120. The van der Waals surface area contributed by atoms with Gasteiger partial charge in [-0.25, -0.2) is 9.37 Å². The van der Waals surface area contributed by atoms with Crippen LogP contribution in [0.25, 0.3) is 0 Å². The SMILES string of the molecule is CNc1nc(CC(=O)NCc2ccccc2F)cs1. The first-order valence-corrected chi connectivity index (χ1v) is 6.69. The molecule has 1 heterocycles. The van der Waals surface area contributed by atoms with Crippen LogP contribution in [0.4, 0.5) is 9.52 Å². The zero-order valence-electron chi connectivity index (χ0n) is 10.4. The number of rotatable bonds is 5. The second-order valence-corrected chi connectivity index (χ2v) is 4.80. The van der Waals surface area contributed by atoms with Crippen LogP contribution in [0.5, 0.6) is 0 Å². The number of benzene rings is 1. The summed E-state index contributed by atoms with van der Waals surface area (Å²) in [7, 11) is 1.78. The molecule has 0 unspecified atom stereocenters. The van der Waals surface area contributed by atoms with E-state index in [1.807, 2.05) is 5.38 Å². The van der Waals surface area contributed by atoms with Gasteiger partial charge in [-0.05, 0) is 6.07 Å². The molecule has 100 valence electrons. The van der Waals surface area contributed by atoms with Gasteiger partial charge in [0.25, 0.3) is 0 Å². The second-order valence-electron chi connectivity index (χ2n) is 3.94. The maximum absolute atomic E-state index is 13.3. The molecule has 0 radical (unpaired) electrons. The number of carbonyl (C=O) groups excluding carboxylic acids is 1. The Kier molecular flexibility index (Phi) is 4.46. The van der Waals surface area contributed by atoms with Crippen molar-refractivity contribution in [2.45, 2.75) is 13.0 Å². The molecule has 2 N–H and O–H groups in total. The Morgan fingerprint density at radius 2 is 2.21 bits per heavy atom. The van der Waals surface area contributed by atoms with Crippen LogP contribution in [0.1, 0.15) is 11.3 Å². The van der Waals surface area contributed by atoms with E-state index in [9.17, 15) is 9.18 Å². The van der Waals surface area contributed by atoms with Gasteiger partial charge in [-0.3, -0.25) is 4.79 Å². The van der Waals surface area contributed by atoms with Gasteiger partial charge in [-0.2, -0.15) is 0 Å². The van der Waals surface area contributed by atoms with E-state index < -0.39 is 0 Å². The molecule has 2 aromatic rings. The summed E-state index contributed by atoms with van der Waals surface area (Å²) in [6.45, 7) is 0.189. The summed E-state index contributed by atoms with van der Waals surface area (Å²) in [5.74, 6) is -0.481. The number of carbonyl (C=O) groups is 1. The predicted molar refractivity (Wildman–Crippen MR) is 73.6 cm³/mol. The van der Waals surface area contributed by atoms with Gasteiger partial charge in [0.2, 0.25) is 5.91 Å². The molecular formula is C13H14FN3OS. The number of nitrogens with zero attached hydrogens (tertiary/aromatic N) is 1. The highest BCUT2D eigenvalue weighted by atomic mass is 32.1. The van der Waals surface area contributed by atoms with Crippen molar-refractivity contribution in [2.24, 2.45) is 0 Å². The Balaban J connectivity index is 1.86. The number of amides is 1. The predicted octanol–water partition coefficient (Wildman–Crippen LogP) is 2.18. The molecule has 1 aromatic carbocycles. The van der Waals surface area contributed by atoms with E-state index in [1.54, 1.807) is 25.2 Å². The Morgan fingerprint density at radius 3 is 2.89 bits per heavy atom. The van der Waals surface area contributed by atoms with Crippen molar-refractivity contribution in [1.82, 2.24) is 10.3 Å². The van der Waals surface area contributed by atoms with Crippen molar-refractivity contribution < 1.29 is 9.18 Å². The lowest BCUT2D eigenvalue weighted by atomic mass is 10.2. The van der Waals surface area contributed by atoms with E-state index in [1.165, 1.54) is 17.4 Å². The molecule has 0 bridgehead atoms. The number of hydrogen-bond donors (Lipinski definition) is 2. The summed E-state index contributed by atoms with van der Waals surface area (Å²) in [4.78, 5) is 15.9. The van der Waals surface area contributed by atoms with Crippen molar-refractivity contribution in [2.75, 3.05) is 12.4 Å². The number of halogens is 1. The standard InChI is InChI=1S/C13H14FN3OS/c1-15-13-17-10(8-19-13)6-12(18)16-7-9-4-2-3-5-11(9)14/h2-5,8H,6-7H2,1H3,(H,15,17)(H,16,18). The zero-order chi connectivity index (χ0) is 13.7. The number of hydrogen-bond acceptors (Lipinski definition) is 4. The molecule has 0 saturated carbocycles. The Hall–Kier alpha value is -1.95. The third kappa shape index (κ3) is 3.75. The van der Waals surface area contributed by atoms with Gasteiger partial charge in [0.05, 0.1) is 12.1 Å². The monoisotopic (exact) mass is 279 g/mol. The summed E-state index contributed by atoms with van der Waals surface area (Å²) in [6, 6.07) is 6.39. The molecule has 6 heteroatoms. The summed E-state index contributed by atoms with van der Waals surface area (Å²) < 4.78 is 13.3. The van der Waals surface area contributed by atoms with Gasteiger partial charge < -0.3 is 10.6 Å². The lowest BCUT2D eigenvalue weighted by Crippen LogP contribution is -2.25. The molecule has 19 heavy (non-hydrogen) atoms. The highest BCUT2D eigenvalue weighted by molar-refractivity contribution is 7.13. The average Bonchev–Trinajstić information content (AvgIpc) is 2.85. The summed E-state index contributed by atoms with van der Waals surface area (Å²) >= 11 is 1.45. The smallest absolute Gasteiger partial charge is 0.226 e. The Morgan fingerprint density at radius 1 is 1.42 bits per heavy atom. The first-order chi connectivity index (χ1) is 9.19. The van der Waals surface area contributed by atoms with Crippen molar-refractivity contribution in [3.8, 4) is 0 Å². The minimum Gasteiger partial charge on any atom is -0.365 e. The normalized spacial score (nSPS) is 10.2. The summed E-state index contributed by atoms with van der Waals surface area (Å²) in [5, 5.41) is 8.20. The van der Waals surface area contributed by atoms with Crippen LogP contribution in [0, 0.1) is 5.82 Å². The van der Waals surface area contributed by atoms with Crippen LogP contribution in [0.2, 0.25) is 0 Å². The number of aromatic nitrogens is 1. The van der Waals surface area contributed by atoms with Crippen LogP contribution >= 0.6 is 11.3 Å². The first-order valence-electron chi connectivity index (χ1n) is 5.81. The van der Waals surface area contributed by atoms with Gasteiger partial charge in [0.15, 0.2) is 5.13 Å². The second kappa shape index (κ2) is 6.29. The number of anilines is 1. The van der Waals surface area contributed by atoms with Crippen LogP contribution in [-0.4, -0.2) is 17.9 Å². The van der Waals surface area contributed by atoms with E-state index in [0.717, 1.165) is 5.13 Å². The van der Waals surface area contributed by atoms with Crippen molar-refractivity contribution >= 4 is 22.4 Å². The largest absolute Gasteiger partial charge is 0.365 e. The molecule has 0 saturated heterocycles. The molecule has 0 atom stereocenters. The van der Waals surface area contributed by atoms with Gasteiger partial charge in [-0.1, -0.05) is 18.2 Å². The third-order valence-electron chi connectivity index (χ3n) is 2.54. The quantitative estimate of drug-likeness (QED) is 0.882. The van der Waals surface area contributed by atoms with Crippen molar-refractivity contribution in [3.05, 3.63) is 46.7 Å². The molecule has 0 aliphatic carbocycles. The number of nitrogens with one attached hydrogen (secondary N) is 2. The average molecular weight is 279 g/mol. The topological polar surface area (TPSA) is 54.0 Å². The van der Waals surface area contributed by atoms with E-state index in [0.29, 0.717) is 11.3 Å². The molecule has 4 nitrogen and oxygen atoms in total. The van der Waals surface area contributed by atoms with E-state index in [4.69, 9.17) is 0 Å². The van der Waals surface area contributed by atoms with Crippen molar-refractivity contribution in [3.63, 3.8) is 0 Å². The highest BCUT2D eigenvalue weighted by Crippen LogP contribution is 2.14. The fraction of sp³-hybridized carbons (Fsp3) is 0.231. The Labute approximate surface area is 114 Å². The fourth-order valence-corrected chi connectivity index (χ4v) is 2.24. The van der Waals surface area contributed by atoms with Gasteiger partial charge in [-0.15, -0.1) is 11.3 Å². The highest BCUT2D eigenvalue weighted by Gasteiger charge is 2.08. The van der Waals surface area contributed by atoms with E-state index in [-0.39, 0.29) is 24.7 Å². The van der Waals surface area contributed by atoms with Crippen LogP contribution in [0.15, 0.2) is 29.6 Å². The Bertz CT molecular complexity index is 571. The minimum atomic E-state index is -0.311. The summed E-state index contributed by atoms with van der Waals surface area (Å²) in [6.07, 6.45) is 0.201. The molecule has 0 spiro atoms. The van der Waals surface area contributed by atoms with Gasteiger partial charge in [0.1, 0.15) is 5.82 Å². The third-order valence-corrected chi connectivity index (χ3v) is 3.45. The van der Waals surface area contributed by atoms with Crippen LogP contribution in [0.3, 0.4) is 0 Å². The van der Waals surface area contributed by atoms with Gasteiger partial charge >= 0.3 is 0 Å². The first kappa shape index (κ1) is 13.5. The number of thiazole rings is 1. The van der Waals surface area contributed by atoms with Crippen molar-refractivity contribution in [1.29, 1.82) is 0 Å². The summed E-state index contributed by atoms with van der Waals surface area (Å²) in [5.41, 5.74) is 1.19. The van der Waals surface area contributed by atoms with E-state index in [2.05, 4.69) is 15.6 Å². The molecule has 0 aliphatic heterocycles. The minimum absolute atomic E-state index is 0.170. The molecular weight excluding hydrogens is 265 g/mol. The fourth-order valence-electron chi connectivity index (χ4n) is 1.57. The zero-order valence-corrected chi connectivity index (χ0v) is 11.3. The molecule has 2 rings (SSSR count). The molecule has 1 aromatic heterocycles. The van der Waals surface area contributed by atoms with E-state index >= 15 is 0 Å².